The van der Waals surface area contributed by atoms with Gasteiger partial charge in [-0.2, -0.15) is 0 Å². The Kier molecular flexibility index (Phi) is 6.51. The first kappa shape index (κ1) is 17.3. The predicted octanol–water partition coefficient (Wildman–Crippen LogP) is 6.43. The van der Waals surface area contributed by atoms with Crippen LogP contribution in [-0.2, 0) is 6.42 Å². The van der Waals surface area contributed by atoms with E-state index >= 15 is 0 Å². The summed E-state index contributed by atoms with van der Waals surface area (Å²) in [6.45, 7) is 3.24. The molecule has 2 heteroatoms. The van der Waals surface area contributed by atoms with E-state index in [0.717, 1.165) is 19.4 Å². The number of aliphatic imine (C=N–C) groups is 1. The van der Waals surface area contributed by atoms with Gasteiger partial charge in [0.1, 0.15) is 0 Å². The predicted molar refractivity (Wildman–Crippen MR) is 105 cm³/mol. The smallest absolute Gasteiger partial charge is 0.0638 e. The average Bonchev–Trinajstić information content (AvgIpc) is 3.00. The van der Waals surface area contributed by atoms with E-state index in [1.807, 2.05) is 0 Å². The van der Waals surface area contributed by atoms with Crippen molar-refractivity contribution in [1.82, 2.24) is 4.98 Å². The maximum Gasteiger partial charge on any atom is 0.0638 e. The third kappa shape index (κ3) is 4.28. The molecule has 0 amide bonds. The topological polar surface area (TPSA) is 28.1 Å². The Bertz CT molecular complexity index is 666. The highest BCUT2D eigenvalue weighted by atomic mass is 14.8. The maximum absolute atomic E-state index is 4.82. The summed E-state index contributed by atoms with van der Waals surface area (Å²) in [4.78, 5) is 8.44. The molecule has 2 aromatic rings. The van der Waals surface area contributed by atoms with Gasteiger partial charge in [-0.3, -0.25) is 4.99 Å². The Morgan fingerprint density at radius 3 is 2.42 bits per heavy atom. The number of fused-ring (bicyclic) bond motifs is 3. The standard InChI is InChI=1S/C22H32N2/c1-2-3-4-5-6-7-8-9-10-15-21-22-19(16-17-23-21)18-13-11-12-14-20(18)24-22/h11-14,24H,2-10,15-17H2,1H3. The molecule has 0 bridgehead atoms. The molecule has 1 aromatic heterocycles. The van der Waals surface area contributed by atoms with Crippen LogP contribution in [-0.4, -0.2) is 17.2 Å². The van der Waals surface area contributed by atoms with Crippen LogP contribution in [0.4, 0.5) is 0 Å². The molecule has 1 aliphatic heterocycles. The molecule has 2 nitrogen and oxygen atoms in total. The van der Waals surface area contributed by atoms with Crippen LogP contribution < -0.4 is 0 Å². The lowest BCUT2D eigenvalue weighted by Gasteiger charge is -2.13. The van der Waals surface area contributed by atoms with Crippen molar-refractivity contribution >= 4 is 16.6 Å². The van der Waals surface area contributed by atoms with Crippen molar-refractivity contribution in [2.45, 2.75) is 77.6 Å². The molecule has 3 rings (SSSR count). The number of H-pyrrole nitrogens is 1. The second kappa shape index (κ2) is 9.05. The number of hydrogen-bond acceptors (Lipinski definition) is 1. The van der Waals surface area contributed by atoms with Crippen molar-refractivity contribution in [2.75, 3.05) is 6.54 Å². The van der Waals surface area contributed by atoms with Gasteiger partial charge in [0.2, 0.25) is 0 Å². The van der Waals surface area contributed by atoms with E-state index in [-0.39, 0.29) is 0 Å². The Balaban J connectivity index is 1.43. The minimum Gasteiger partial charge on any atom is -0.353 e. The van der Waals surface area contributed by atoms with Crippen LogP contribution in [0.25, 0.3) is 10.9 Å². The second-order valence-electron chi connectivity index (χ2n) is 7.18. The fraction of sp³-hybridized carbons (Fsp3) is 0.591. The molecule has 2 heterocycles. The van der Waals surface area contributed by atoms with Gasteiger partial charge in [-0.15, -0.1) is 0 Å². The lowest BCUT2D eigenvalue weighted by molar-refractivity contribution is 0.568. The van der Waals surface area contributed by atoms with E-state index in [0.29, 0.717) is 0 Å². The highest BCUT2D eigenvalue weighted by Crippen LogP contribution is 2.27. The Labute approximate surface area is 146 Å². The zero-order valence-electron chi connectivity index (χ0n) is 15.2. The van der Waals surface area contributed by atoms with Gasteiger partial charge < -0.3 is 4.98 Å². The van der Waals surface area contributed by atoms with Crippen LogP contribution >= 0.6 is 0 Å². The molecule has 1 N–H and O–H groups in total. The van der Waals surface area contributed by atoms with Crippen LogP contribution in [0.1, 0.15) is 82.4 Å². The third-order valence-electron chi connectivity index (χ3n) is 5.28. The highest BCUT2D eigenvalue weighted by Gasteiger charge is 2.18. The normalized spacial score (nSPS) is 14.0. The third-order valence-corrected chi connectivity index (χ3v) is 5.28. The van der Waals surface area contributed by atoms with Crippen molar-refractivity contribution in [3.05, 3.63) is 35.5 Å². The summed E-state index contributed by atoms with van der Waals surface area (Å²) in [5.74, 6) is 0. The molecule has 0 saturated heterocycles. The summed E-state index contributed by atoms with van der Waals surface area (Å²) in [5, 5.41) is 1.40. The largest absolute Gasteiger partial charge is 0.353 e. The zero-order valence-corrected chi connectivity index (χ0v) is 15.2. The Morgan fingerprint density at radius 1 is 0.917 bits per heavy atom. The Hall–Kier alpha value is -1.57. The molecular weight excluding hydrogens is 292 g/mol. The van der Waals surface area contributed by atoms with Gasteiger partial charge in [-0.05, 0) is 30.9 Å². The number of aromatic amines is 1. The summed E-state index contributed by atoms with van der Waals surface area (Å²) >= 11 is 0. The molecule has 0 spiro atoms. The number of unbranched alkanes of at least 4 members (excludes halogenated alkanes) is 8. The number of nitrogens with zero attached hydrogens (tertiary/aromatic N) is 1. The number of hydrogen-bond donors (Lipinski definition) is 1. The number of benzene rings is 1. The van der Waals surface area contributed by atoms with Crippen LogP contribution in [0.15, 0.2) is 29.3 Å². The molecule has 1 aliphatic rings. The molecule has 0 fully saturated rings. The van der Waals surface area contributed by atoms with Gasteiger partial charge in [0.25, 0.3) is 0 Å². The summed E-state index contributed by atoms with van der Waals surface area (Å²) in [6.07, 6.45) is 14.7. The molecule has 0 aliphatic carbocycles. The van der Waals surface area contributed by atoms with Gasteiger partial charge in [0.05, 0.1) is 11.4 Å². The van der Waals surface area contributed by atoms with Crippen molar-refractivity contribution in [1.29, 1.82) is 0 Å². The van der Waals surface area contributed by atoms with E-state index < -0.39 is 0 Å². The van der Waals surface area contributed by atoms with Gasteiger partial charge >= 0.3 is 0 Å². The average molecular weight is 325 g/mol. The zero-order chi connectivity index (χ0) is 16.6. The number of nitrogens with one attached hydrogen (secondary N) is 1. The first-order valence-electron chi connectivity index (χ1n) is 10.0. The SMILES string of the molecule is CCCCCCCCCCCC1=NCCc2c1[nH]c1ccccc21. The quantitative estimate of drug-likeness (QED) is 0.487. The lowest BCUT2D eigenvalue weighted by Crippen LogP contribution is -2.12. The number of aromatic nitrogens is 1. The molecule has 0 saturated carbocycles. The molecule has 0 unspecified atom stereocenters. The molecule has 24 heavy (non-hydrogen) atoms. The minimum absolute atomic E-state index is 0.960. The van der Waals surface area contributed by atoms with Crippen LogP contribution in [0.5, 0.6) is 0 Å². The molecule has 0 atom stereocenters. The molecule has 0 radical (unpaired) electrons. The highest BCUT2D eigenvalue weighted by molar-refractivity contribution is 6.06. The monoisotopic (exact) mass is 324 g/mol. The van der Waals surface area contributed by atoms with Gasteiger partial charge in [-0.1, -0.05) is 76.5 Å². The van der Waals surface area contributed by atoms with Crippen LogP contribution in [0.2, 0.25) is 0 Å². The van der Waals surface area contributed by atoms with Crippen molar-refractivity contribution in [3.63, 3.8) is 0 Å². The van der Waals surface area contributed by atoms with E-state index in [9.17, 15) is 0 Å². The first-order chi connectivity index (χ1) is 11.9. The number of rotatable bonds is 10. The maximum atomic E-state index is 4.82. The molecule has 130 valence electrons. The second-order valence-corrected chi connectivity index (χ2v) is 7.18. The minimum atomic E-state index is 0.960. The van der Waals surface area contributed by atoms with Crippen molar-refractivity contribution in [2.24, 2.45) is 4.99 Å². The summed E-state index contributed by atoms with van der Waals surface area (Å²) in [6, 6.07) is 8.68. The van der Waals surface area contributed by atoms with E-state index in [4.69, 9.17) is 4.99 Å². The van der Waals surface area contributed by atoms with Gasteiger partial charge in [0, 0.05) is 17.4 Å². The fourth-order valence-corrected chi connectivity index (χ4v) is 3.89. The number of para-hydroxylation sites is 1. The van der Waals surface area contributed by atoms with Crippen LogP contribution in [0.3, 0.4) is 0 Å². The lowest BCUT2D eigenvalue weighted by atomic mass is 9.98. The van der Waals surface area contributed by atoms with Crippen LogP contribution in [0, 0.1) is 0 Å². The van der Waals surface area contributed by atoms with Crippen molar-refractivity contribution < 1.29 is 0 Å². The Morgan fingerprint density at radius 2 is 1.62 bits per heavy atom. The van der Waals surface area contributed by atoms with E-state index in [1.165, 1.54) is 85.7 Å². The van der Waals surface area contributed by atoms with E-state index in [1.54, 1.807) is 0 Å². The summed E-state index contributed by atoms with van der Waals surface area (Å²) in [7, 11) is 0. The van der Waals surface area contributed by atoms with Gasteiger partial charge in [-0.25, -0.2) is 0 Å². The van der Waals surface area contributed by atoms with E-state index in [2.05, 4.69) is 36.2 Å². The van der Waals surface area contributed by atoms with Gasteiger partial charge in [0.15, 0.2) is 0 Å². The molecule has 1 aromatic carbocycles. The fourth-order valence-electron chi connectivity index (χ4n) is 3.89. The summed E-state index contributed by atoms with van der Waals surface area (Å²) in [5.41, 5.74) is 5.40. The summed E-state index contributed by atoms with van der Waals surface area (Å²) < 4.78 is 0. The molecular formula is C22H32N2. The first-order valence-corrected chi connectivity index (χ1v) is 10.0. The van der Waals surface area contributed by atoms with Crippen molar-refractivity contribution in [3.8, 4) is 0 Å².